The Bertz CT molecular complexity index is 789. The average Bonchev–Trinajstić information content (AvgIpc) is 2.81. The Hall–Kier alpha value is -2.22. The van der Waals surface area contributed by atoms with Gasteiger partial charge in [0.15, 0.2) is 5.82 Å². The molecule has 1 saturated heterocycles. The summed E-state index contributed by atoms with van der Waals surface area (Å²) in [5.74, 6) is 1.73. The highest BCUT2D eigenvalue weighted by atomic mass is 16.5. The molecule has 1 aromatic carbocycles. The minimum absolute atomic E-state index is 0.771. The van der Waals surface area contributed by atoms with E-state index in [1.165, 1.54) is 5.69 Å². The van der Waals surface area contributed by atoms with Crippen LogP contribution in [-0.4, -0.2) is 93.4 Å². The molecule has 3 rings (SSSR count). The van der Waals surface area contributed by atoms with Gasteiger partial charge in [0.05, 0.1) is 6.61 Å². The zero-order chi connectivity index (χ0) is 22.1. The number of anilines is 2. The molecule has 0 atom stereocenters. The predicted molar refractivity (Wildman–Crippen MR) is 129 cm³/mol. The van der Waals surface area contributed by atoms with Crippen LogP contribution < -0.4 is 10.2 Å². The van der Waals surface area contributed by atoms with E-state index in [0.29, 0.717) is 0 Å². The van der Waals surface area contributed by atoms with E-state index in [1.54, 1.807) is 7.11 Å². The summed E-state index contributed by atoms with van der Waals surface area (Å²) in [5.41, 5.74) is 3.49. The molecule has 0 radical (unpaired) electrons. The summed E-state index contributed by atoms with van der Waals surface area (Å²) in [7, 11) is 6.06. The van der Waals surface area contributed by atoms with Crippen LogP contribution in [0.4, 0.5) is 11.5 Å². The predicted octanol–water partition coefficient (Wildman–Crippen LogP) is 2.84. The number of nitrogens with zero attached hydrogens (tertiary/aromatic N) is 5. The minimum atomic E-state index is 0.771. The second-order valence-electron chi connectivity index (χ2n) is 8.33. The van der Waals surface area contributed by atoms with Gasteiger partial charge in [-0.15, -0.1) is 0 Å². The highest BCUT2D eigenvalue weighted by Gasteiger charge is 2.14. The van der Waals surface area contributed by atoms with Gasteiger partial charge in [0.25, 0.3) is 0 Å². The van der Waals surface area contributed by atoms with Crippen molar-refractivity contribution in [3.63, 3.8) is 0 Å². The molecule has 1 aliphatic rings. The van der Waals surface area contributed by atoms with Gasteiger partial charge in [-0.25, -0.2) is 9.97 Å². The van der Waals surface area contributed by atoms with Crippen LogP contribution in [0, 0.1) is 0 Å². The number of benzene rings is 1. The molecule has 0 spiro atoms. The largest absolute Gasteiger partial charge is 0.383 e. The van der Waals surface area contributed by atoms with Gasteiger partial charge in [0.1, 0.15) is 5.82 Å². The quantitative estimate of drug-likeness (QED) is 0.555. The Morgan fingerprint density at radius 2 is 1.84 bits per heavy atom. The van der Waals surface area contributed by atoms with Crippen molar-refractivity contribution < 1.29 is 4.74 Å². The molecular weight excluding hydrogens is 388 g/mol. The third-order valence-electron chi connectivity index (χ3n) is 5.93. The zero-order valence-corrected chi connectivity index (χ0v) is 19.6. The molecule has 0 amide bonds. The fourth-order valence-electron chi connectivity index (χ4n) is 3.76. The SMILES string of the molecule is CCc1cnc(-c2ccc(N3CCN(C)CC3)cc2)nc1NCCCN(C)CCOC. The van der Waals surface area contributed by atoms with Crippen molar-refractivity contribution in [2.75, 3.05) is 83.8 Å². The maximum Gasteiger partial charge on any atom is 0.161 e. The first-order chi connectivity index (χ1) is 15.1. The van der Waals surface area contributed by atoms with Gasteiger partial charge in [0, 0.05) is 69.4 Å². The summed E-state index contributed by atoms with van der Waals surface area (Å²) in [6.45, 7) is 10.2. The molecule has 2 aromatic rings. The molecule has 1 aliphatic heterocycles. The summed E-state index contributed by atoms with van der Waals surface area (Å²) in [6, 6.07) is 8.67. The van der Waals surface area contributed by atoms with Gasteiger partial charge >= 0.3 is 0 Å². The van der Waals surface area contributed by atoms with Gasteiger partial charge in [0.2, 0.25) is 0 Å². The monoisotopic (exact) mass is 426 g/mol. The van der Waals surface area contributed by atoms with Crippen LogP contribution >= 0.6 is 0 Å². The molecular formula is C24H38N6O. The summed E-state index contributed by atoms with van der Waals surface area (Å²) < 4.78 is 5.14. The Labute approximate surface area is 187 Å². The van der Waals surface area contributed by atoms with Crippen molar-refractivity contribution >= 4 is 11.5 Å². The third-order valence-corrected chi connectivity index (χ3v) is 5.93. The normalized spacial score (nSPS) is 14.9. The van der Waals surface area contributed by atoms with E-state index >= 15 is 0 Å². The Balaban J connectivity index is 1.60. The molecule has 0 saturated carbocycles. The molecule has 2 heterocycles. The number of aromatic nitrogens is 2. The highest BCUT2D eigenvalue weighted by Crippen LogP contribution is 2.23. The topological polar surface area (TPSA) is 56.8 Å². The second-order valence-corrected chi connectivity index (χ2v) is 8.33. The second kappa shape index (κ2) is 12.0. The number of piperazine rings is 1. The van der Waals surface area contributed by atoms with Crippen molar-refractivity contribution in [1.29, 1.82) is 0 Å². The first kappa shape index (κ1) is 23.4. The first-order valence-electron chi connectivity index (χ1n) is 11.4. The Morgan fingerprint density at radius 1 is 1.10 bits per heavy atom. The van der Waals surface area contributed by atoms with Crippen molar-refractivity contribution in [2.45, 2.75) is 19.8 Å². The lowest BCUT2D eigenvalue weighted by atomic mass is 10.1. The molecule has 170 valence electrons. The van der Waals surface area contributed by atoms with Gasteiger partial charge < -0.3 is 24.8 Å². The Morgan fingerprint density at radius 3 is 2.52 bits per heavy atom. The molecule has 1 aromatic heterocycles. The average molecular weight is 427 g/mol. The number of hydrogen-bond acceptors (Lipinski definition) is 7. The maximum atomic E-state index is 5.14. The number of aryl methyl sites for hydroxylation is 1. The summed E-state index contributed by atoms with van der Waals surface area (Å²) in [6.07, 6.45) is 3.94. The van der Waals surface area contributed by atoms with E-state index in [0.717, 1.165) is 88.0 Å². The van der Waals surface area contributed by atoms with Crippen LogP contribution in [0.15, 0.2) is 30.5 Å². The maximum absolute atomic E-state index is 5.14. The van der Waals surface area contributed by atoms with Crippen molar-refractivity contribution in [3.05, 3.63) is 36.0 Å². The summed E-state index contributed by atoms with van der Waals surface area (Å²) in [4.78, 5) is 16.6. The molecule has 0 unspecified atom stereocenters. The van der Waals surface area contributed by atoms with Gasteiger partial charge in [-0.3, -0.25) is 0 Å². The van der Waals surface area contributed by atoms with Gasteiger partial charge in [-0.2, -0.15) is 0 Å². The molecule has 31 heavy (non-hydrogen) atoms. The van der Waals surface area contributed by atoms with E-state index in [4.69, 9.17) is 9.72 Å². The molecule has 7 heteroatoms. The number of ether oxygens (including phenoxy) is 1. The lowest BCUT2D eigenvalue weighted by Gasteiger charge is -2.34. The van der Waals surface area contributed by atoms with Crippen molar-refractivity contribution in [2.24, 2.45) is 0 Å². The highest BCUT2D eigenvalue weighted by molar-refractivity contribution is 5.62. The van der Waals surface area contributed by atoms with Gasteiger partial charge in [-0.1, -0.05) is 6.92 Å². The van der Waals surface area contributed by atoms with E-state index < -0.39 is 0 Å². The van der Waals surface area contributed by atoms with Crippen LogP contribution in [0.1, 0.15) is 18.9 Å². The van der Waals surface area contributed by atoms with E-state index in [-0.39, 0.29) is 0 Å². The Kier molecular flexibility index (Phi) is 9.06. The van der Waals surface area contributed by atoms with Crippen LogP contribution in [-0.2, 0) is 11.2 Å². The molecule has 1 N–H and O–H groups in total. The number of hydrogen-bond donors (Lipinski definition) is 1. The van der Waals surface area contributed by atoms with E-state index in [9.17, 15) is 0 Å². The fourth-order valence-corrected chi connectivity index (χ4v) is 3.76. The van der Waals surface area contributed by atoms with Crippen molar-refractivity contribution in [3.8, 4) is 11.4 Å². The first-order valence-corrected chi connectivity index (χ1v) is 11.4. The van der Waals surface area contributed by atoms with E-state index in [2.05, 4.69) is 70.3 Å². The molecule has 0 aliphatic carbocycles. The smallest absolute Gasteiger partial charge is 0.161 e. The van der Waals surface area contributed by atoms with Crippen LogP contribution in [0.5, 0.6) is 0 Å². The van der Waals surface area contributed by atoms with Crippen LogP contribution in [0.3, 0.4) is 0 Å². The zero-order valence-electron chi connectivity index (χ0n) is 19.6. The van der Waals surface area contributed by atoms with Gasteiger partial charge in [-0.05, 0) is 57.7 Å². The lowest BCUT2D eigenvalue weighted by molar-refractivity contribution is 0.161. The fraction of sp³-hybridized carbons (Fsp3) is 0.583. The molecule has 0 bridgehead atoms. The number of rotatable bonds is 11. The minimum Gasteiger partial charge on any atom is -0.383 e. The standard InChI is InChI=1S/C24H38N6O/c1-5-20-19-26-24(27-23(20)25-11-6-12-28(2)17-18-31-4)21-7-9-22(10-8-21)30-15-13-29(3)14-16-30/h7-10,19H,5-6,11-18H2,1-4H3,(H,25,26,27). The molecule has 7 nitrogen and oxygen atoms in total. The molecule has 1 fully saturated rings. The number of nitrogens with one attached hydrogen (secondary N) is 1. The number of likely N-dealkylation sites (N-methyl/N-ethyl adjacent to an activating group) is 2. The number of methoxy groups -OCH3 is 1. The van der Waals surface area contributed by atoms with Crippen LogP contribution in [0.25, 0.3) is 11.4 Å². The summed E-state index contributed by atoms with van der Waals surface area (Å²) in [5, 5.41) is 3.53. The van der Waals surface area contributed by atoms with Crippen LogP contribution in [0.2, 0.25) is 0 Å². The third kappa shape index (κ3) is 6.89. The lowest BCUT2D eigenvalue weighted by Crippen LogP contribution is -2.44. The van der Waals surface area contributed by atoms with E-state index in [1.807, 2.05) is 6.20 Å². The summed E-state index contributed by atoms with van der Waals surface area (Å²) >= 11 is 0. The van der Waals surface area contributed by atoms with Crippen molar-refractivity contribution in [1.82, 2.24) is 19.8 Å².